The van der Waals surface area contributed by atoms with E-state index in [1.807, 2.05) is 25.2 Å². The third-order valence-electron chi connectivity index (χ3n) is 3.04. The second-order valence-corrected chi connectivity index (χ2v) is 5.34. The average molecular weight is 343 g/mol. The predicted molar refractivity (Wildman–Crippen MR) is 82.5 cm³/mol. The SMILES string of the molecule is Cn1cnc(CNc2c(C#N)cnc3c(Br)cccc23)n1. The van der Waals surface area contributed by atoms with Crippen molar-refractivity contribution in [2.75, 3.05) is 5.32 Å². The minimum Gasteiger partial charge on any atom is -0.376 e. The van der Waals surface area contributed by atoms with E-state index < -0.39 is 0 Å². The highest BCUT2D eigenvalue weighted by atomic mass is 79.9. The Labute approximate surface area is 129 Å². The van der Waals surface area contributed by atoms with Crippen molar-refractivity contribution in [3.8, 4) is 6.07 Å². The van der Waals surface area contributed by atoms with E-state index in [1.165, 1.54) is 0 Å². The Bertz CT molecular complexity index is 848. The number of hydrogen-bond acceptors (Lipinski definition) is 5. The minimum atomic E-state index is 0.446. The number of benzene rings is 1. The van der Waals surface area contributed by atoms with E-state index in [1.54, 1.807) is 17.2 Å². The maximum absolute atomic E-state index is 9.27. The summed E-state index contributed by atoms with van der Waals surface area (Å²) < 4.78 is 2.53. The summed E-state index contributed by atoms with van der Waals surface area (Å²) >= 11 is 3.48. The van der Waals surface area contributed by atoms with Gasteiger partial charge in [-0.25, -0.2) is 4.98 Å². The predicted octanol–water partition coefficient (Wildman–Crippen LogP) is 2.61. The summed E-state index contributed by atoms with van der Waals surface area (Å²) in [5.41, 5.74) is 2.06. The normalized spacial score (nSPS) is 10.5. The zero-order chi connectivity index (χ0) is 14.8. The maximum Gasteiger partial charge on any atom is 0.169 e. The van der Waals surface area contributed by atoms with Crippen molar-refractivity contribution in [3.05, 3.63) is 46.6 Å². The van der Waals surface area contributed by atoms with Gasteiger partial charge in [0.25, 0.3) is 0 Å². The molecule has 21 heavy (non-hydrogen) atoms. The third kappa shape index (κ3) is 2.58. The average Bonchev–Trinajstić information content (AvgIpc) is 2.90. The van der Waals surface area contributed by atoms with Crippen molar-refractivity contribution in [1.82, 2.24) is 19.7 Å². The number of nitrogens with one attached hydrogen (secondary N) is 1. The van der Waals surface area contributed by atoms with Gasteiger partial charge in [-0.15, -0.1) is 0 Å². The van der Waals surface area contributed by atoms with E-state index in [9.17, 15) is 5.26 Å². The van der Waals surface area contributed by atoms with Crippen molar-refractivity contribution in [2.24, 2.45) is 7.05 Å². The van der Waals surface area contributed by atoms with Crippen LogP contribution in [-0.2, 0) is 13.6 Å². The number of rotatable bonds is 3. The largest absolute Gasteiger partial charge is 0.376 e. The molecule has 0 unspecified atom stereocenters. The summed E-state index contributed by atoms with van der Waals surface area (Å²) in [5, 5.41) is 17.6. The number of halogens is 1. The van der Waals surface area contributed by atoms with Gasteiger partial charge in [-0.1, -0.05) is 12.1 Å². The van der Waals surface area contributed by atoms with Crippen LogP contribution in [0.25, 0.3) is 10.9 Å². The molecule has 2 heterocycles. The molecule has 0 atom stereocenters. The molecular weight excluding hydrogens is 332 g/mol. The number of aromatic nitrogens is 4. The number of pyridine rings is 1. The van der Waals surface area contributed by atoms with Crippen LogP contribution in [0, 0.1) is 11.3 Å². The highest BCUT2D eigenvalue weighted by Crippen LogP contribution is 2.30. The summed E-state index contributed by atoms with van der Waals surface area (Å²) in [7, 11) is 1.82. The molecule has 1 aromatic carbocycles. The standard InChI is InChI=1S/C14H11BrN6/c1-21-8-19-12(20-21)7-18-13-9(5-16)6-17-14-10(13)3-2-4-11(14)15/h2-4,6,8H,7H2,1H3,(H,17,18). The molecule has 3 aromatic rings. The number of hydrogen-bond donors (Lipinski definition) is 1. The number of fused-ring (bicyclic) bond motifs is 1. The molecule has 7 heteroatoms. The molecule has 104 valence electrons. The van der Waals surface area contributed by atoms with Gasteiger partial charge >= 0.3 is 0 Å². The molecule has 1 N–H and O–H groups in total. The van der Waals surface area contributed by atoms with Gasteiger partial charge in [-0.2, -0.15) is 10.4 Å². The quantitative estimate of drug-likeness (QED) is 0.791. The molecule has 2 aromatic heterocycles. The fraction of sp³-hybridized carbons (Fsp3) is 0.143. The fourth-order valence-electron chi connectivity index (χ4n) is 2.09. The highest BCUT2D eigenvalue weighted by molar-refractivity contribution is 9.10. The molecule has 0 aliphatic rings. The first kappa shape index (κ1) is 13.5. The molecule has 0 amide bonds. The van der Waals surface area contributed by atoms with E-state index in [4.69, 9.17) is 0 Å². The summed E-state index contributed by atoms with van der Waals surface area (Å²) in [6, 6.07) is 7.93. The van der Waals surface area contributed by atoms with E-state index >= 15 is 0 Å². The van der Waals surface area contributed by atoms with E-state index in [-0.39, 0.29) is 0 Å². The van der Waals surface area contributed by atoms with Crippen LogP contribution in [0.15, 0.2) is 35.2 Å². The van der Waals surface area contributed by atoms with Gasteiger partial charge in [0, 0.05) is 23.1 Å². The van der Waals surface area contributed by atoms with Crippen molar-refractivity contribution in [2.45, 2.75) is 6.54 Å². The van der Waals surface area contributed by atoms with Gasteiger partial charge in [-0.3, -0.25) is 9.67 Å². The first-order valence-electron chi connectivity index (χ1n) is 6.25. The Morgan fingerprint density at radius 3 is 2.95 bits per heavy atom. The zero-order valence-corrected chi connectivity index (χ0v) is 12.8. The molecule has 0 fully saturated rings. The first-order chi connectivity index (χ1) is 10.2. The van der Waals surface area contributed by atoms with Crippen LogP contribution in [0.4, 0.5) is 5.69 Å². The van der Waals surface area contributed by atoms with Crippen LogP contribution in [0.5, 0.6) is 0 Å². The molecule has 0 spiro atoms. The van der Waals surface area contributed by atoms with Crippen LogP contribution < -0.4 is 5.32 Å². The molecule has 0 aliphatic carbocycles. The van der Waals surface area contributed by atoms with Gasteiger partial charge in [0.1, 0.15) is 12.4 Å². The number of nitriles is 1. The zero-order valence-electron chi connectivity index (χ0n) is 11.2. The molecule has 0 saturated carbocycles. The highest BCUT2D eigenvalue weighted by Gasteiger charge is 2.11. The lowest BCUT2D eigenvalue weighted by Crippen LogP contribution is -2.05. The van der Waals surface area contributed by atoms with Crippen LogP contribution in [0.3, 0.4) is 0 Å². The van der Waals surface area contributed by atoms with Crippen molar-refractivity contribution in [1.29, 1.82) is 5.26 Å². The smallest absolute Gasteiger partial charge is 0.169 e. The molecule has 0 aliphatic heterocycles. The molecule has 0 bridgehead atoms. The minimum absolute atomic E-state index is 0.446. The number of nitrogens with zero attached hydrogens (tertiary/aromatic N) is 5. The first-order valence-corrected chi connectivity index (χ1v) is 7.04. The summed E-state index contributed by atoms with van der Waals surface area (Å²) in [5.74, 6) is 0.668. The Balaban J connectivity index is 2.03. The van der Waals surface area contributed by atoms with Crippen LogP contribution in [-0.4, -0.2) is 19.7 Å². The van der Waals surface area contributed by atoms with Gasteiger partial charge in [-0.05, 0) is 22.0 Å². The Morgan fingerprint density at radius 2 is 2.24 bits per heavy atom. The monoisotopic (exact) mass is 342 g/mol. The van der Waals surface area contributed by atoms with Gasteiger partial charge in [0.15, 0.2) is 5.82 Å². The van der Waals surface area contributed by atoms with Gasteiger partial charge in [0.2, 0.25) is 0 Å². The summed E-state index contributed by atoms with van der Waals surface area (Å²) in [4.78, 5) is 8.49. The molecule has 3 rings (SSSR count). The summed E-state index contributed by atoms with van der Waals surface area (Å²) in [6.07, 6.45) is 3.21. The van der Waals surface area contributed by atoms with E-state index in [0.29, 0.717) is 17.9 Å². The van der Waals surface area contributed by atoms with Crippen LogP contribution >= 0.6 is 15.9 Å². The molecule has 6 nitrogen and oxygen atoms in total. The number of para-hydroxylation sites is 1. The van der Waals surface area contributed by atoms with Crippen molar-refractivity contribution in [3.63, 3.8) is 0 Å². The van der Waals surface area contributed by atoms with E-state index in [2.05, 4.69) is 42.4 Å². The third-order valence-corrected chi connectivity index (χ3v) is 3.68. The number of anilines is 1. The number of aryl methyl sites for hydroxylation is 1. The van der Waals surface area contributed by atoms with Crippen LogP contribution in [0.1, 0.15) is 11.4 Å². The lowest BCUT2D eigenvalue weighted by molar-refractivity contribution is 0.747. The second-order valence-electron chi connectivity index (χ2n) is 4.48. The van der Waals surface area contributed by atoms with E-state index in [0.717, 1.165) is 21.1 Å². The lowest BCUT2D eigenvalue weighted by atomic mass is 10.1. The Morgan fingerprint density at radius 1 is 1.38 bits per heavy atom. The second kappa shape index (κ2) is 5.50. The molecular formula is C14H11BrN6. The van der Waals surface area contributed by atoms with Gasteiger partial charge < -0.3 is 5.32 Å². The van der Waals surface area contributed by atoms with Crippen molar-refractivity contribution >= 4 is 32.5 Å². The Hall–Kier alpha value is -2.46. The topological polar surface area (TPSA) is 79.4 Å². The van der Waals surface area contributed by atoms with Crippen molar-refractivity contribution < 1.29 is 0 Å². The van der Waals surface area contributed by atoms with Gasteiger partial charge in [0.05, 0.1) is 23.3 Å². The lowest BCUT2D eigenvalue weighted by Gasteiger charge is -2.10. The van der Waals surface area contributed by atoms with Crippen LogP contribution in [0.2, 0.25) is 0 Å². The summed E-state index contributed by atoms with van der Waals surface area (Å²) in [6.45, 7) is 0.446. The molecule has 0 radical (unpaired) electrons. The molecule has 0 saturated heterocycles. The fourth-order valence-corrected chi connectivity index (χ4v) is 2.56. The maximum atomic E-state index is 9.27. The Kier molecular flexibility index (Phi) is 3.54.